The highest BCUT2D eigenvalue weighted by atomic mass is 19.3. The van der Waals surface area contributed by atoms with Crippen LogP contribution in [0.25, 0.3) is 0 Å². The standard InChI is InChI=1S/C15H20F2N2O/c16-15(17)7-5-13(6-8-15)14(20)19-10-12-3-1-11(9-18)2-4-12/h1-4,13H,5-10,18H2,(H,19,20). The van der Waals surface area contributed by atoms with Crippen LogP contribution in [0.1, 0.15) is 36.8 Å². The molecule has 0 radical (unpaired) electrons. The number of nitrogens with two attached hydrogens (primary N) is 1. The number of hydrogen-bond donors (Lipinski definition) is 2. The number of carbonyl (C=O) groups is 1. The number of carbonyl (C=O) groups excluding carboxylic acids is 1. The monoisotopic (exact) mass is 282 g/mol. The fourth-order valence-electron chi connectivity index (χ4n) is 2.43. The van der Waals surface area contributed by atoms with Gasteiger partial charge in [-0.1, -0.05) is 24.3 Å². The molecule has 0 spiro atoms. The highest BCUT2D eigenvalue weighted by Gasteiger charge is 2.37. The van der Waals surface area contributed by atoms with Crippen LogP contribution in [0.3, 0.4) is 0 Å². The normalized spacial score (nSPS) is 18.8. The van der Waals surface area contributed by atoms with Crippen LogP contribution in [0.4, 0.5) is 8.78 Å². The van der Waals surface area contributed by atoms with Gasteiger partial charge in [0, 0.05) is 31.8 Å². The number of benzene rings is 1. The third-order valence-corrected chi connectivity index (χ3v) is 3.81. The Labute approximate surface area is 117 Å². The van der Waals surface area contributed by atoms with Crippen molar-refractivity contribution in [2.24, 2.45) is 11.7 Å². The Hall–Kier alpha value is -1.49. The van der Waals surface area contributed by atoms with Gasteiger partial charge >= 0.3 is 0 Å². The van der Waals surface area contributed by atoms with E-state index in [1.807, 2.05) is 24.3 Å². The van der Waals surface area contributed by atoms with Gasteiger partial charge in [0.2, 0.25) is 11.8 Å². The lowest BCUT2D eigenvalue weighted by molar-refractivity contribution is -0.129. The highest BCUT2D eigenvalue weighted by molar-refractivity contribution is 5.78. The second-order valence-corrected chi connectivity index (χ2v) is 5.37. The quantitative estimate of drug-likeness (QED) is 0.892. The third-order valence-electron chi connectivity index (χ3n) is 3.81. The molecular weight excluding hydrogens is 262 g/mol. The predicted octanol–water partition coefficient (Wildman–Crippen LogP) is 2.59. The SMILES string of the molecule is NCc1ccc(CNC(=O)C2CCC(F)(F)CC2)cc1. The molecule has 1 saturated carbocycles. The lowest BCUT2D eigenvalue weighted by Gasteiger charge is -2.27. The molecule has 5 heteroatoms. The number of rotatable bonds is 4. The summed E-state index contributed by atoms with van der Waals surface area (Å²) in [7, 11) is 0. The van der Waals surface area contributed by atoms with Crippen LogP contribution in [0.5, 0.6) is 0 Å². The van der Waals surface area contributed by atoms with Gasteiger partial charge in [0.15, 0.2) is 0 Å². The molecule has 1 aliphatic rings. The zero-order valence-electron chi connectivity index (χ0n) is 11.4. The summed E-state index contributed by atoms with van der Waals surface area (Å²) < 4.78 is 26.0. The van der Waals surface area contributed by atoms with E-state index in [4.69, 9.17) is 5.73 Å². The van der Waals surface area contributed by atoms with E-state index in [2.05, 4.69) is 5.32 Å². The van der Waals surface area contributed by atoms with Gasteiger partial charge in [0.25, 0.3) is 0 Å². The van der Waals surface area contributed by atoms with Crippen LogP contribution in [0, 0.1) is 5.92 Å². The van der Waals surface area contributed by atoms with E-state index >= 15 is 0 Å². The Balaban J connectivity index is 1.80. The maximum absolute atomic E-state index is 13.0. The van der Waals surface area contributed by atoms with Crippen LogP contribution < -0.4 is 11.1 Å². The van der Waals surface area contributed by atoms with Crippen molar-refractivity contribution in [2.45, 2.75) is 44.7 Å². The van der Waals surface area contributed by atoms with E-state index in [9.17, 15) is 13.6 Å². The van der Waals surface area contributed by atoms with Gasteiger partial charge < -0.3 is 11.1 Å². The van der Waals surface area contributed by atoms with Crippen LogP contribution >= 0.6 is 0 Å². The van der Waals surface area contributed by atoms with Crippen molar-refractivity contribution < 1.29 is 13.6 Å². The first-order chi connectivity index (χ1) is 9.50. The second-order valence-electron chi connectivity index (χ2n) is 5.37. The molecule has 20 heavy (non-hydrogen) atoms. The van der Waals surface area contributed by atoms with Crippen LogP contribution in [-0.4, -0.2) is 11.8 Å². The molecule has 3 N–H and O–H groups in total. The summed E-state index contributed by atoms with van der Waals surface area (Å²) in [6.45, 7) is 0.916. The summed E-state index contributed by atoms with van der Waals surface area (Å²) in [4.78, 5) is 11.9. The Bertz CT molecular complexity index is 449. The van der Waals surface area contributed by atoms with Crippen molar-refractivity contribution in [3.8, 4) is 0 Å². The molecule has 0 aromatic heterocycles. The van der Waals surface area contributed by atoms with Crippen molar-refractivity contribution in [1.82, 2.24) is 5.32 Å². The van der Waals surface area contributed by atoms with Gasteiger partial charge in [0.1, 0.15) is 0 Å². The summed E-state index contributed by atoms with van der Waals surface area (Å²) >= 11 is 0. The molecule has 0 atom stereocenters. The molecule has 0 bridgehead atoms. The maximum Gasteiger partial charge on any atom is 0.248 e. The molecule has 0 heterocycles. The number of amides is 1. The lowest BCUT2D eigenvalue weighted by Crippen LogP contribution is -2.35. The number of halogens is 2. The van der Waals surface area contributed by atoms with Crippen LogP contribution in [0.15, 0.2) is 24.3 Å². The van der Waals surface area contributed by atoms with Gasteiger partial charge in [-0.15, -0.1) is 0 Å². The molecule has 0 saturated heterocycles. The van der Waals surface area contributed by atoms with Crippen molar-refractivity contribution >= 4 is 5.91 Å². The molecule has 3 nitrogen and oxygen atoms in total. The Kier molecular flexibility index (Phi) is 4.70. The van der Waals surface area contributed by atoms with E-state index in [-0.39, 0.29) is 37.5 Å². The Morgan fingerprint density at radius 2 is 1.75 bits per heavy atom. The van der Waals surface area contributed by atoms with E-state index < -0.39 is 5.92 Å². The van der Waals surface area contributed by atoms with E-state index in [0.717, 1.165) is 11.1 Å². The van der Waals surface area contributed by atoms with Gasteiger partial charge in [-0.25, -0.2) is 8.78 Å². The van der Waals surface area contributed by atoms with Gasteiger partial charge in [-0.2, -0.15) is 0 Å². The van der Waals surface area contributed by atoms with E-state index in [1.54, 1.807) is 0 Å². The lowest BCUT2D eigenvalue weighted by atomic mass is 9.86. The number of hydrogen-bond acceptors (Lipinski definition) is 2. The largest absolute Gasteiger partial charge is 0.352 e. The minimum atomic E-state index is -2.59. The highest BCUT2D eigenvalue weighted by Crippen LogP contribution is 2.36. The van der Waals surface area contributed by atoms with Crippen LogP contribution in [-0.2, 0) is 17.9 Å². The summed E-state index contributed by atoms with van der Waals surface area (Å²) in [5.41, 5.74) is 7.53. The molecule has 1 amide bonds. The average molecular weight is 282 g/mol. The van der Waals surface area contributed by atoms with Crippen LogP contribution in [0.2, 0.25) is 0 Å². The minimum absolute atomic E-state index is 0.122. The molecule has 110 valence electrons. The van der Waals surface area contributed by atoms with Gasteiger partial charge in [-0.3, -0.25) is 4.79 Å². The fraction of sp³-hybridized carbons (Fsp3) is 0.533. The molecule has 1 fully saturated rings. The first-order valence-electron chi connectivity index (χ1n) is 6.93. The summed E-state index contributed by atoms with van der Waals surface area (Å²) in [5, 5.41) is 2.82. The van der Waals surface area contributed by atoms with Crippen molar-refractivity contribution in [1.29, 1.82) is 0 Å². The Morgan fingerprint density at radius 3 is 2.30 bits per heavy atom. The minimum Gasteiger partial charge on any atom is -0.352 e. The molecule has 1 aromatic carbocycles. The van der Waals surface area contributed by atoms with E-state index in [1.165, 1.54) is 0 Å². The van der Waals surface area contributed by atoms with Crippen molar-refractivity contribution in [3.05, 3.63) is 35.4 Å². The summed E-state index contributed by atoms with van der Waals surface area (Å²) in [5.74, 6) is -2.99. The first-order valence-corrected chi connectivity index (χ1v) is 6.93. The zero-order chi connectivity index (χ0) is 14.6. The zero-order valence-corrected chi connectivity index (χ0v) is 11.4. The molecule has 1 aliphatic carbocycles. The molecule has 1 aromatic rings. The topological polar surface area (TPSA) is 55.1 Å². The fourth-order valence-corrected chi connectivity index (χ4v) is 2.43. The van der Waals surface area contributed by atoms with Crippen molar-refractivity contribution in [2.75, 3.05) is 0 Å². The molecular formula is C15H20F2N2O. The maximum atomic E-state index is 13.0. The van der Waals surface area contributed by atoms with Gasteiger partial charge in [-0.05, 0) is 24.0 Å². The predicted molar refractivity (Wildman–Crippen MR) is 73.1 cm³/mol. The molecule has 0 unspecified atom stereocenters. The smallest absolute Gasteiger partial charge is 0.248 e. The third kappa shape index (κ3) is 4.00. The summed E-state index contributed by atoms with van der Waals surface area (Å²) in [6, 6.07) is 7.67. The second kappa shape index (κ2) is 6.31. The first kappa shape index (κ1) is 14.9. The summed E-state index contributed by atoms with van der Waals surface area (Å²) in [6.07, 6.45) is 0.169. The average Bonchev–Trinajstić information content (AvgIpc) is 2.45. The van der Waals surface area contributed by atoms with Gasteiger partial charge in [0.05, 0.1) is 0 Å². The van der Waals surface area contributed by atoms with E-state index in [0.29, 0.717) is 13.1 Å². The van der Waals surface area contributed by atoms with Crippen molar-refractivity contribution in [3.63, 3.8) is 0 Å². The molecule has 2 rings (SSSR count). The number of alkyl halides is 2. The molecule has 0 aliphatic heterocycles. The Morgan fingerprint density at radius 1 is 1.20 bits per heavy atom. The number of nitrogens with one attached hydrogen (secondary N) is 1.